The highest BCUT2D eigenvalue weighted by atomic mass is 35.5. The van der Waals surface area contributed by atoms with Gasteiger partial charge in [0.1, 0.15) is 0 Å². The molecular weight excluding hydrogens is 162 g/mol. The van der Waals surface area contributed by atoms with Gasteiger partial charge in [0, 0.05) is 6.54 Å². The Labute approximate surface area is 72.1 Å². The van der Waals surface area contributed by atoms with Gasteiger partial charge in [-0.3, -0.25) is 0 Å². The summed E-state index contributed by atoms with van der Waals surface area (Å²) in [5, 5.41) is 10.00. The largest absolute Gasteiger partial charge is 0.387 e. The highest BCUT2D eigenvalue weighted by molar-refractivity contribution is 6.18. The van der Waals surface area contributed by atoms with E-state index in [-0.39, 0.29) is 0 Å². The van der Waals surface area contributed by atoms with E-state index in [1.165, 1.54) is 0 Å². The summed E-state index contributed by atoms with van der Waals surface area (Å²) in [6, 6.07) is 0. The number of hydrogen-bond acceptors (Lipinski definition) is 2. The van der Waals surface area contributed by atoms with Gasteiger partial charge in [-0.15, -0.1) is 11.6 Å². The third kappa shape index (κ3) is 1.17. The average Bonchev–Trinajstić information content (AvgIpc) is 2.06. The molecule has 3 aliphatic rings. The summed E-state index contributed by atoms with van der Waals surface area (Å²) in [7, 11) is 0. The number of halogens is 1. The van der Waals surface area contributed by atoms with Crippen molar-refractivity contribution in [2.24, 2.45) is 5.92 Å². The van der Waals surface area contributed by atoms with E-state index in [0.717, 1.165) is 32.5 Å². The Morgan fingerprint density at radius 2 is 2.09 bits per heavy atom. The molecule has 2 nitrogen and oxygen atoms in total. The van der Waals surface area contributed by atoms with Gasteiger partial charge in [-0.05, 0) is 31.8 Å². The highest BCUT2D eigenvalue weighted by Crippen LogP contribution is 2.35. The summed E-state index contributed by atoms with van der Waals surface area (Å²) in [5.41, 5.74) is -0.571. The minimum atomic E-state index is -0.571. The number of rotatable bonds is 1. The molecule has 0 aromatic heterocycles. The smallest absolute Gasteiger partial charge is 0.0937 e. The zero-order valence-electron chi connectivity index (χ0n) is 6.59. The number of fused-ring (bicyclic) bond motifs is 3. The van der Waals surface area contributed by atoms with Crippen LogP contribution in [0.2, 0.25) is 0 Å². The quantitative estimate of drug-likeness (QED) is 0.593. The van der Waals surface area contributed by atoms with Crippen LogP contribution in [0.4, 0.5) is 0 Å². The van der Waals surface area contributed by atoms with Gasteiger partial charge in [-0.2, -0.15) is 0 Å². The molecule has 3 saturated heterocycles. The predicted molar refractivity (Wildman–Crippen MR) is 44.8 cm³/mol. The van der Waals surface area contributed by atoms with E-state index in [2.05, 4.69) is 4.90 Å². The van der Waals surface area contributed by atoms with Crippen LogP contribution in [0.15, 0.2) is 0 Å². The molecule has 3 heterocycles. The van der Waals surface area contributed by atoms with E-state index in [0.29, 0.717) is 11.8 Å². The molecule has 0 unspecified atom stereocenters. The summed E-state index contributed by atoms with van der Waals surface area (Å²) in [5.74, 6) is 0.860. The van der Waals surface area contributed by atoms with Crippen LogP contribution in [-0.4, -0.2) is 41.1 Å². The minimum absolute atomic E-state index is 0.397. The molecule has 0 aromatic carbocycles. The lowest BCUT2D eigenvalue weighted by molar-refractivity contribution is -0.0958. The van der Waals surface area contributed by atoms with E-state index < -0.39 is 5.60 Å². The molecule has 1 atom stereocenters. The Hall–Kier alpha value is 0.210. The van der Waals surface area contributed by atoms with E-state index in [1.807, 2.05) is 0 Å². The van der Waals surface area contributed by atoms with E-state index in [4.69, 9.17) is 11.6 Å². The molecule has 64 valence electrons. The molecule has 0 saturated carbocycles. The average molecular weight is 176 g/mol. The third-order valence-corrected chi connectivity index (χ3v) is 3.54. The van der Waals surface area contributed by atoms with Crippen molar-refractivity contribution in [1.82, 2.24) is 4.90 Å². The van der Waals surface area contributed by atoms with Gasteiger partial charge in [0.2, 0.25) is 0 Å². The van der Waals surface area contributed by atoms with Crippen LogP contribution in [-0.2, 0) is 0 Å². The Bertz CT molecular complexity index is 156. The lowest BCUT2D eigenvalue weighted by Gasteiger charge is -2.49. The first-order valence-corrected chi connectivity index (χ1v) is 4.79. The summed E-state index contributed by atoms with van der Waals surface area (Å²) in [4.78, 5) is 2.31. The first-order chi connectivity index (χ1) is 5.24. The molecule has 2 bridgehead atoms. The summed E-state index contributed by atoms with van der Waals surface area (Å²) in [6.07, 6.45) is 2.26. The van der Waals surface area contributed by atoms with Gasteiger partial charge in [0.25, 0.3) is 0 Å². The molecule has 3 aliphatic heterocycles. The van der Waals surface area contributed by atoms with Crippen molar-refractivity contribution in [2.75, 3.05) is 25.5 Å². The van der Waals surface area contributed by atoms with Crippen molar-refractivity contribution in [3.8, 4) is 0 Å². The fourth-order valence-electron chi connectivity index (χ4n) is 2.30. The lowest BCUT2D eigenvalue weighted by atomic mass is 9.76. The SMILES string of the molecule is O[C@@]1(CCl)CN2CCC1CC2. The summed E-state index contributed by atoms with van der Waals surface area (Å²) in [6.45, 7) is 3.11. The number of piperidine rings is 3. The van der Waals surface area contributed by atoms with Gasteiger partial charge >= 0.3 is 0 Å². The number of nitrogens with zero attached hydrogens (tertiary/aromatic N) is 1. The Morgan fingerprint density at radius 3 is 2.36 bits per heavy atom. The molecule has 3 rings (SSSR count). The van der Waals surface area contributed by atoms with Gasteiger partial charge in [0.05, 0.1) is 11.5 Å². The second-order valence-corrected chi connectivity index (χ2v) is 4.05. The van der Waals surface area contributed by atoms with Crippen molar-refractivity contribution >= 4 is 11.6 Å². The topological polar surface area (TPSA) is 23.5 Å². The Morgan fingerprint density at radius 1 is 1.45 bits per heavy atom. The first kappa shape index (κ1) is 7.84. The highest BCUT2D eigenvalue weighted by Gasteiger charge is 2.44. The standard InChI is InChI=1S/C8H14ClNO/c9-5-8(11)6-10-3-1-7(8)2-4-10/h7,11H,1-6H2/t8-/m0/s1. The van der Waals surface area contributed by atoms with Crippen molar-refractivity contribution in [3.63, 3.8) is 0 Å². The Kier molecular flexibility index (Phi) is 1.86. The maximum atomic E-state index is 10.00. The van der Waals surface area contributed by atoms with Crippen molar-refractivity contribution in [2.45, 2.75) is 18.4 Å². The monoisotopic (exact) mass is 175 g/mol. The molecule has 1 N–H and O–H groups in total. The maximum Gasteiger partial charge on any atom is 0.0937 e. The Balaban J connectivity index is 2.13. The van der Waals surface area contributed by atoms with Gasteiger partial charge in [-0.25, -0.2) is 0 Å². The van der Waals surface area contributed by atoms with Crippen LogP contribution in [0, 0.1) is 5.92 Å². The molecule has 0 amide bonds. The molecule has 3 heteroatoms. The van der Waals surface area contributed by atoms with Crippen LogP contribution in [0.5, 0.6) is 0 Å². The van der Waals surface area contributed by atoms with Gasteiger partial charge in [-0.1, -0.05) is 0 Å². The van der Waals surface area contributed by atoms with Crippen LogP contribution in [0.25, 0.3) is 0 Å². The fourth-order valence-corrected chi connectivity index (χ4v) is 2.60. The normalized spacial score (nSPS) is 49.6. The van der Waals surface area contributed by atoms with Crippen molar-refractivity contribution in [1.29, 1.82) is 0 Å². The van der Waals surface area contributed by atoms with Crippen LogP contribution in [0.1, 0.15) is 12.8 Å². The zero-order chi connectivity index (χ0) is 7.90. The van der Waals surface area contributed by atoms with E-state index >= 15 is 0 Å². The maximum absolute atomic E-state index is 10.00. The number of aliphatic hydroxyl groups is 1. The van der Waals surface area contributed by atoms with Gasteiger partial charge in [0.15, 0.2) is 0 Å². The summed E-state index contributed by atoms with van der Waals surface area (Å²) >= 11 is 5.74. The zero-order valence-corrected chi connectivity index (χ0v) is 7.35. The molecule has 3 fully saturated rings. The van der Waals surface area contributed by atoms with Crippen LogP contribution >= 0.6 is 11.6 Å². The minimum Gasteiger partial charge on any atom is -0.387 e. The van der Waals surface area contributed by atoms with E-state index in [1.54, 1.807) is 0 Å². The fraction of sp³-hybridized carbons (Fsp3) is 1.00. The second kappa shape index (κ2) is 2.61. The van der Waals surface area contributed by atoms with E-state index in [9.17, 15) is 5.11 Å². The number of hydrogen-bond donors (Lipinski definition) is 1. The van der Waals surface area contributed by atoms with Crippen LogP contribution in [0.3, 0.4) is 0 Å². The molecular formula is C8H14ClNO. The summed E-state index contributed by atoms with van der Waals surface area (Å²) < 4.78 is 0. The molecule has 11 heavy (non-hydrogen) atoms. The molecule has 0 aliphatic carbocycles. The van der Waals surface area contributed by atoms with Crippen LogP contribution < -0.4 is 0 Å². The molecule has 0 spiro atoms. The van der Waals surface area contributed by atoms with Crippen molar-refractivity contribution < 1.29 is 5.11 Å². The second-order valence-electron chi connectivity index (χ2n) is 3.79. The molecule has 0 aromatic rings. The predicted octanol–water partition coefficient (Wildman–Crippen LogP) is 0.682. The lowest BCUT2D eigenvalue weighted by Crippen LogP contribution is -2.60. The first-order valence-electron chi connectivity index (χ1n) is 4.25. The number of alkyl halides is 1. The third-order valence-electron chi connectivity index (χ3n) is 3.08. The molecule has 0 radical (unpaired) electrons. The van der Waals surface area contributed by atoms with Gasteiger partial charge < -0.3 is 10.0 Å². The van der Waals surface area contributed by atoms with Crippen molar-refractivity contribution in [3.05, 3.63) is 0 Å².